The van der Waals surface area contributed by atoms with E-state index in [-0.39, 0.29) is 0 Å². The third-order valence-electron chi connectivity index (χ3n) is 3.35. The molecule has 88 valence electrons. The Morgan fingerprint density at radius 3 is 2.81 bits per heavy atom. The zero-order valence-corrected chi connectivity index (χ0v) is 10.1. The monoisotopic (exact) mass is 220 g/mol. The van der Waals surface area contributed by atoms with Gasteiger partial charge in [0.2, 0.25) is 5.95 Å². The second kappa shape index (κ2) is 4.68. The molecule has 0 bridgehead atoms. The summed E-state index contributed by atoms with van der Waals surface area (Å²) in [6.07, 6.45) is 5.90. The highest BCUT2D eigenvalue weighted by molar-refractivity contribution is 5.47. The number of hydrogen-bond donors (Lipinski definition) is 1. The molecule has 1 heterocycles. The van der Waals surface area contributed by atoms with E-state index in [4.69, 9.17) is 5.73 Å². The first-order valence-corrected chi connectivity index (χ1v) is 6.04. The lowest BCUT2D eigenvalue weighted by Gasteiger charge is -2.33. The molecule has 1 aromatic rings. The third kappa shape index (κ3) is 2.26. The predicted octanol–water partition coefficient (Wildman–Crippen LogP) is 1.99. The van der Waals surface area contributed by atoms with Crippen molar-refractivity contribution in [1.29, 1.82) is 0 Å². The van der Waals surface area contributed by atoms with Gasteiger partial charge >= 0.3 is 0 Å². The van der Waals surface area contributed by atoms with E-state index in [0.717, 1.165) is 30.4 Å². The summed E-state index contributed by atoms with van der Waals surface area (Å²) in [6, 6.07) is 0. The van der Waals surface area contributed by atoms with E-state index in [1.807, 2.05) is 6.92 Å². The van der Waals surface area contributed by atoms with Crippen LogP contribution < -0.4 is 10.6 Å². The van der Waals surface area contributed by atoms with E-state index in [1.54, 1.807) is 6.20 Å². The smallest absolute Gasteiger partial charge is 0.221 e. The van der Waals surface area contributed by atoms with Gasteiger partial charge in [-0.2, -0.15) is 4.98 Å². The molecule has 16 heavy (non-hydrogen) atoms. The Labute approximate surface area is 96.9 Å². The van der Waals surface area contributed by atoms with E-state index < -0.39 is 0 Å². The second-order valence-electron chi connectivity index (χ2n) is 4.57. The molecule has 0 unspecified atom stereocenters. The van der Waals surface area contributed by atoms with Crippen LogP contribution in [-0.4, -0.2) is 23.1 Å². The van der Waals surface area contributed by atoms with Gasteiger partial charge in [-0.05, 0) is 32.6 Å². The van der Waals surface area contributed by atoms with Crippen molar-refractivity contribution < 1.29 is 0 Å². The molecule has 1 aliphatic carbocycles. The van der Waals surface area contributed by atoms with Gasteiger partial charge in [-0.15, -0.1) is 0 Å². The van der Waals surface area contributed by atoms with Gasteiger partial charge < -0.3 is 10.6 Å². The highest BCUT2D eigenvalue weighted by Gasteiger charge is 2.21. The van der Waals surface area contributed by atoms with Crippen molar-refractivity contribution in [1.82, 2.24) is 9.97 Å². The number of aryl methyl sites for hydroxylation is 1. The van der Waals surface area contributed by atoms with Crippen molar-refractivity contribution in [2.24, 2.45) is 5.92 Å². The molecule has 0 spiro atoms. The zero-order chi connectivity index (χ0) is 11.5. The molecule has 1 fully saturated rings. The minimum absolute atomic E-state index is 0.368. The average molecular weight is 220 g/mol. The van der Waals surface area contributed by atoms with Crippen LogP contribution in [0.2, 0.25) is 0 Å². The van der Waals surface area contributed by atoms with Gasteiger partial charge in [0.05, 0.1) is 0 Å². The van der Waals surface area contributed by atoms with E-state index >= 15 is 0 Å². The molecule has 4 heteroatoms. The maximum atomic E-state index is 5.65. The maximum absolute atomic E-state index is 5.65. The van der Waals surface area contributed by atoms with E-state index in [1.165, 1.54) is 19.3 Å². The van der Waals surface area contributed by atoms with Gasteiger partial charge in [0.15, 0.2) is 0 Å². The highest BCUT2D eigenvalue weighted by atomic mass is 15.2. The Bertz CT molecular complexity index is 360. The summed E-state index contributed by atoms with van der Waals surface area (Å²) in [6.45, 7) is 6.29. The molecule has 2 rings (SSSR count). The van der Waals surface area contributed by atoms with Crippen LogP contribution in [0, 0.1) is 12.8 Å². The van der Waals surface area contributed by atoms with Crippen LogP contribution in [0.25, 0.3) is 0 Å². The Morgan fingerprint density at radius 1 is 1.50 bits per heavy atom. The van der Waals surface area contributed by atoms with Gasteiger partial charge in [-0.1, -0.05) is 6.42 Å². The molecule has 0 saturated heterocycles. The van der Waals surface area contributed by atoms with E-state index in [2.05, 4.69) is 21.8 Å². The number of nitrogens with two attached hydrogens (primary N) is 1. The standard InChI is InChI=1S/C12H20N4/c1-3-16(8-10-5-4-6-10)11-9(2)7-14-12(13)15-11/h7,10H,3-6,8H2,1-2H3,(H2,13,14,15). The molecule has 2 N–H and O–H groups in total. The van der Waals surface area contributed by atoms with Crippen LogP contribution in [0.1, 0.15) is 31.7 Å². The summed E-state index contributed by atoms with van der Waals surface area (Å²) >= 11 is 0. The van der Waals surface area contributed by atoms with Gasteiger partial charge in [0.1, 0.15) is 5.82 Å². The molecule has 0 radical (unpaired) electrons. The quantitative estimate of drug-likeness (QED) is 0.843. The second-order valence-corrected chi connectivity index (χ2v) is 4.57. The van der Waals surface area contributed by atoms with E-state index in [9.17, 15) is 0 Å². The highest BCUT2D eigenvalue weighted by Crippen LogP contribution is 2.29. The molecular formula is C12H20N4. The van der Waals surface area contributed by atoms with Crippen molar-refractivity contribution in [3.8, 4) is 0 Å². The number of rotatable bonds is 4. The lowest BCUT2D eigenvalue weighted by molar-refractivity contribution is 0.318. The predicted molar refractivity (Wildman–Crippen MR) is 66.4 cm³/mol. The molecule has 0 aromatic carbocycles. The molecule has 4 nitrogen and oxygen atoms in total. The lowest BCUT2D eigenvalue weighted by atomic mass is 9.85. The molecule has 0 amide bonds. The normalized spacial score (nSPS) is 15.9. The number of hydrogen-bond acceptors (Lipinski definition) is 4. The van der Waals surface area contributed by atoms with Crippen molar-refractivity contribution in [3.63, 3.8) is 0 Å². The average Bonchev–Trinajstić information content (AvgIpc) is 2.21. The Kier molecular flexibility index (Phi) is 3.27. The summed E-state index contributed by atoms with van der Waals surface area (Å²) in [5, 5.41) is 0. The summed E-state index contributed by atoms with van der Waals surface area (Å²) in [5.41, 5.74) is 6.76. The van der Waals surface area contributed by atoms with Crippen molar-refractivity contribution >= 4 is 11.8 Å². The molecule has 0 aliphatic heterocycles. The molecule has 1 aliphatic rings. The lowest BCUT2D eigenvalue weighted by Crippen LogP contribution is -2.33. The topological polar surface area (TPSA) is 55.0 Å². The van der Waals surface area contributed by atoms with Crippen molar-refractivity contribution in [2.45, 2.75) is 33.1 Å². The van der Waals surface area contributed by atoms with Gasteiger partial charge in [-0.3, -0.25) is 0 Å². The van der Waals surface area contributed by atoms with Crippen LogP contribution in [0.4, 0.5) is 11.8 Å². The van der Waals surface area contributed by atoms with Crippen molar-refractivity contribution in [3.05, 3.63) is 11.8 Å². The molecule has 1 saturated carbocycles. The number of nitrogens with zero attached hydrogens (tertiary/aromatic N) is 3. The third-order valence-corrected chi connectivity index (χ3v) is 3.35. The summed E-state index contributed by atoms with van der Waals surface area (Å²) in [7, 11) is 0. The minimum Gasteiger partial charge on any atom is -0.368 e. The van der Waals surface area contributed by atoms with Gasteiger partial charge in [0.25, 0.3) is 0 Å². The Balaban J connectivity index is 2.14. The number of nitrogen functional groups attached to an aromatic ring is 1. The summed E-state index contributed by atoms with van der Waals surface area (Å²) in [5.74, 6) is 2.21. The van der Waals surface area contributed by atoms with Crippen LogP contribution in [0.5, 0.6) is 0 Å². The van der Waals surface area contributed by atoms with Crippen molar-refractivity contribution in [2.75, 3.05) is 23.7 Å². The van der Waals surface area contributed by atoms with E-state index in [0.29, 0.717) is 5.95 Å². The fraction of sp³-hybridized carbons (Fsp3) is 0.667. The molecular weight excluding hydrogens is 200 g/mol. The molecule has 1 aromatic heterocycles. The fourth-order valence-electron chi connectivity index (χ4n) is 2.12. The Morgan fingerprint density at radius 2 is 2.25 bits per heavy atom. The zero-order valence-electron chi connectivity index (χ0n) is 10.1. The first-order valence-electron chi connectivity index (χ1n) is 6.04. The summed E-state index contributed by atoms with van der Waals surface area (Å²) in [4.78, 5) is 10.7. The van der Waals surface area contributed by atoms with Crippen LogP contribution in [0.3, 0.4) is 0 Å². The summed E-state index contributed by atoms with van der Waals surface area (Å²) < 4.78 is 0. The first kappa shape index (κ1) is 11.2. The van der Waals surface area contributed by atoms with Gasteiger partial charge in [0, 0.05) is 24.8 Å². The Hall–Kier alpha value is -1.32. The number of anilines is 2. The largest absolute Gasteiger partial charge is 0.368 e. The number of aromatic nitrogens is 2. The van der Waals surface area contributed by atoms with Crippen LogP contribution in [-0.2, 0) is 0 Å². The van der Waals surface area contributed by atoms with Gasteiger partial charge in [-0.25, -0.2) is 4.98 Å². The molecule has 0 atom stereocenters. The minimum atomic E-state index is 0.368. The van der Waals surface area contributed by atoms with Crippen LogP contribution >= 0.6 is 0 Å². The fourth-order valence-corrected chi connectivity index (χ4v) is 2.12. The first-order chi connectivity index (χ1) is 7.70. The van der Waals surface area contributed by atoms with Crippen LogP contribution in [0.15, 0.2) is 6.20 Å². The maximum Gasteiger partial charge on any atom is 0.221 e. The SMILES string of the molecule is CCN(CC1CCC1)c1nc(N)ncc1C.